The SMILES string of the molecule is C=CC(=O)N1C[C@@H](Nc2ncc3cc(-c4c(Cl)c(OC)cc(OC)c4Cl)ccc3n2)C[C@H]1CN1CCC1. The van der Waals surface area contributed by atoms with Gasteiger partial charge in [0.2, 0.25) is 11.9 Å². The minimum absolute atomic E-state index is 0.0340. The number of halogens is 2. The number of nitrogens with one attached hydrogen (secondary N) is 1. The second kappa shape index (κ2) is 10.7. The Morgan fingerprint density at radius 3 is 2.54 bits per heavy atom. The van der Waals surface area contributed by atoms with E-state index in [0.717, 1.165) is 42.5 Å². The quantitative estimate of drug-likeness (QED) is 0.406. The van der Waals surface area contributed by atoms with Crippen LogP contribution in [0.4, 0.5) is 5.95 Å². The Morgan fingerprint density at radius 2 is 1.92 bits per heavy atom. The molecule has 2 fully saturated rings. The number of anilines is 1. The smallest absolute Gasteiger partial charge is 0.246 e. The van der Waals surface area contributed by atoms with Crippen molar-refractivity contribution in [3.8, 4) is 22.6 Å². The maximum Gasteiger partial charge on any atom is 0.246 e. The third-order valence-corrected chi connectivity index (χ3v) is 7.82. The Balaban J connectivity index is 1.37. The van der Waals surface area contributed by atoms with Crippen LogP contribution in [0.2, 0.25) is 10.0 Å². The molecule has 0 radical (unpaired) electrons. The van der Waals surface area contributed by atoms with Crippen molar-refractivity contribution < 1.29 is 14.3 Å². The lowest BCUT2D eigenvalue weighted by Crippen LogP contribution is -2.47. The molecular formula is C27H29Cl2N5O3. The fourth-order valence-electron chi connectivity index (χ4n) is 5.02. The number of carbonyl (C=O) groups is 1. The first kappa shape index (κ1) is 25.6. The van der Waals surface area contributed by atoms with Gasteiger partial charge in [0.05, 0.1) is 29.8 Å². The van der Waals surface area contributed by atoms with Crippen molar-refractivity contribution in [3.63, 3.8) is 0 Å². The number of amides is 1. The fraction of sp³-hybridized carbons (Fsp3) is 0.370. The monoisotopic (exact) mass is 541 g/mol. The summed E-state index contributed by atoms with van der Waals surface area (Å²) in [5.41, 5.74) is 2.19. The molecule has 194 valence electrons. The molecule has 8 nitrogen and oxygen atoms in total. The first-order valence-electron chi connectivity index (χ1n) is 12.2. The average molecular weight is 542 g/mol. The van der Waals surface area contributed by atoms with E-state index >= 15 is 0 Å². The summed E-state index contributed by atoms with van der Waals surface area (Å²) in [6.45, 7) is 7.35. The highest BCUT2D eigenvalue weighted by Gasteiger charge is 2.36. The minimum Gasteiger partial charge on any atom is -0.495 e. The van der Waals surface area contributed by atoms with E-state index in [0.29, 0.717) is 39.6 Å². The van der Waals surface area contributed by atoms with Crippen molar-refractivity contribution in [2.75, 3.05) is 45.7 Å². The first-order valence-corrected chi connectivity index (χ1v) is 13.0. The number of likely N-dealkylation sites (tertiary alicyclic amines) is 2. The maximum absolute atomic E-state index is 12.5. The van der Waals surface area contributed by atoms with Gasteiger partial charge in [-0.05, 0) is 49.7 Å². The van der Waals surface area contributed by atoms with Crippen molar-refractivity contribution in [2.24, 2.45) is 0 Å². The molecule has 1 N–H and O–H groups in total. The lowest BCUT2D eigenvalue weighted by Gasteiger charge is -2.35. The van der Waals surface area contributed by atoms with E-state index in [1.807, 2.05) is 23.1 Å². The zero-order chi connectivity index (χ0) is 26.1. The summed E-state index contributed by atoms with van der Waals surface area (Å²) >= 11 is 13.2. The van der Waals surface area contributed by atoms with Crippen LogP contribution in [0.1, 0.15) is 12.8 Å². The van der Waals surface area contributed by atoms with Crippen LogP contribution in [-0.4, -0.2) is 78.2 Å². The molecule has 1 amide bonds. The number of benzene rings is 2. The van der Waals surface area contributed by atoms with Gasteiger partial charge in [0.25, 0.3) is 0 Å². The van der Waals surface area contributed by atoms with E-state index in [1.165, 1.54) is 12.5 Å². The van der Waals surface area contributed by atoms with E-state index in [1.54, 1.807) is 26.5 Å². The molecule has 2 aliphatic heterocycles. The maximum atomic E-state index is 12.5. The standard InChI is InChI=1S/C27H29Cl2N5O3/c1-4-23(35)34-14-18(11-19(34)15-33-8-5-9-33)31-27-30-13-17-10-16(6-7-20(17)32-27)24-25(28)21(36-2)12-22(37-3)26(24)29/h4,6-7,10,12-13,18-19H,1,5,8-9,11,14-15H2,2-3H3,(H,30,31,32)/t18-,19-/m0/s1. The van der Waals surface area contributed by atoms with Crippen LogP contribution in [0.25, 0.3) is 22.0 Å². The van der Waals surface area contributed by atoms with Crippen LogP contribution >= 0.6 is 23.2 Å². The van der Waals surface area contributed by atoms with Gasteiger partial charge in [0, 0.05) is 48.4 Å². The molecule has 2 aromatic carbocycles. The van der Waals surface area contributed by atoms with Crippen molar-refractivity contribution in [3.05, 3.63) is 53.2 Å². The summed E-state index contributed by atoms with van der Waals surface area (Å²) in [5, 5.41) is 5.07. The molecule has 0 bridgehead atoms. The molecule has 1 aromatic heterocycles. The number of fused-ring (bicyclic) bond motifs is 1. The van der Waals surface area contributed by atoms with Crippen molar-refractivity contribution in [1.82, 2.24) is 19.8 Å². The molecule has 2 aliphatic rings. The van der Waals surface area contributed by atoms with Crippen LogP contribution in [0, 0.1) is 0 Å². The van der Waals surface area contributed by atoms with Gasteiger partial charge in [-0.3, -0.25) is 4.79 Å². The minimum atomic E-state index is -0.0340. The zero-order valence-corrected chi connectivity index (χ0v) is 22.3. The lowest BCUT2D eigenvalue weighted by atomic mass is 10.0. The number of rotatable bonds is 8. The molecule has 5 rings (SSSR count). The molecule has 10 heteroatoms. The van der Waals surface area contributed by atoms with E-state index in [9.17, 15) is 4.79 Å². The summed E-state index contributed by atoms with van der Waals surface area (Å²) in [6.07, 6.45) is 5.23. The average Bonchev–Trinajstić information content (AvgIpc) is 3.28. The predicted molar refractivity (Wildman–Crippen MR) is 147 cm³/mol. The summed E-state index contributed by atoms with van der Waals surface area (Å²) in [4.78, 5) is 26.0. The summed E-state index contributed by atoms with van der Waals surface area (Å²) in [6, 6.07) is 7.64. The number of methoxy groups -OCH3 is 2. The molecule has 2 saturated heterocycles. The first-order chi connectivity index (χ1) is 17.9. The number of hydrogen-bond acceptors (Lipinski definition) is 7. The number of hydrogen-bond donors (Lipinski definition) is 1. The van der Waals surface area contributed by atoms with Gasteiger partial charge in [-0.25, -0.2) is 9.97 Å². The summed E-state index contributed by atoms with van der Waals surface area (Å²) in [7, 11) is 3.09. The largest absolute Gasteiger partial charge is 0.495 e. The number of aromatic nitrogens is 2. The predicted octanol–water partition coefficient (Wildman–Crippen LogP) is 4.89. The Hall–Kier alpha value is -3.07. The normalized spacial score (nSPS) is 19.5. The van der Waals surface area contributed by atoms with Gasteiger partial charge in [-0.15, -0.1) is 0 Å². The van der Waals surface area contributed by atoms with E-state index in [2.05, 4.69) is 21.8 Å². The second-order valence-corrected chi connectivity index (χ2v) is 10.1. The van der Waals surface area contributed by atoms with E-state index < -0.39 is 0 Å². The molecular weight excluding hydrogens is 513 g/mol. The highest BCUT2D eigenvalue weighted by molar-refractivity contribution is 6.41. The lowest BCUT2D eigenvalue weighted by molar-refractivity contribution is -0.127. The molecule has 0 unspecified atom stereocenters. The number of carbonyl (C=O) groups excluding carboxylic acids is 1. The summed E-state index contributed by atoms with van der Waals surface area (Å²) < 4.78 is 10.8. The fourth-order valence-corrected chi connectivity index (χ4v) is 5.74. The topological polar surface area (TPSA) is 79.8 Å². The van der Waals surface area contributed by atoms with Crippen LogP contribution < -0.4 is 14.8 Å². The van der Waals surface area contributed by atoms with Crippen molar-refractivity contribution in [2.45, 2.75) is 24.9 Å². The highest BCUT2D eigenvalue weighted by Crippen LogP contribution is 2.46. The third-order valence-electron chi connectivity index (χ3n) is 7.07. The number of ether oxygens (including phenoxy) is 2. The molecule has 3 aromatic rings. The number of nitrogens with zero attached hydrogens (tertiary/aromatic N) is 4. The second-order valence-electron chi connectivity index (χ2n) is 9.33. The Labute approximate surface area is 226 Å². The van der Waals surface area contributed by atoms with Gasteiger partial charge >= 0.3 is 0 Å². The van der Waals surface area contributed by atoms with E-state index in [-0.39, 0.29) is 18.0 Å². The van der Waals surface area contributed by atoms with Gasteiger partial charge in [-0.1, -0.05) is 35.8 Å². The van der Waals surface area contributed by atoms with Crippen molar-refractivity contribution >= 4 is 46.0 Å². The Kier molecular flexibility index (Phi) is 7.42. The Morgan fingerprint density at radius 1 is 1.19 bits per heavy atom. The molecule has 2 atom stereocenters. The Bertz CT molecular complexity index is 1320. The van der Waals surface area contributed by atoms with Gasteiger partial charge in [-0.2, -0.15) is 0 Å². The van der Waals surface area contributed by atoms with Crippen molar-refractivity contribution in [1.29, 1.82) is 0 Å². The molecule has 0 saturated carbocycles. The van der Waals surface area contributed by atoms with Crippen LogP contribution in [0.3, 0.4) is 0 Å². The molecule has 37 heavy (non-hydrogen) atoms. The highest BCUT2D eigenvalue weighted by atomic mass is 35.5. The van der Waals surface area contributed by atoms with Gasteiger partial charge < -0.3 is 24.6 Å². The van der Waals surface area contributed by atoms with E-state index in [4.69, 9.17) is 37.7 Å². The van der Waals surface area contributed by atoms with Gasteiger partial charge in [0.1, 0.15) is 11.5 Å². The molecule has 0 aliphatic carbocycles. The molecule has 0 spiro atoms. The summed E-state index contributed by atoms with van der Waals surface area (Å²) in [5.74, 6) is 1.44. The molecule has 3 heterocycles. The van der Waals surface area contributed by atoms with Gasteiger partial charge in [0.15, 0.2) is 0 Å². The zero-order valence-electron chi connectivity index (χ0n) is 20.8. The van der Waals surface area contributed by atoms with Crippen LogP contribution in [-0.2, 0) is 4.79 Å². The van der Waals surface area contributed by atoms with Crippen LogP contribution in [0.5, 0.6) is 11.5 Å². The third kappa shape index (κ3) is 5.06. The van der Waals surface area contributed by atoms with Crippen LogP contribution in [0.15, 0.2) is 43.1 Å².